The Labute approximate surface area is 190 Å². The molecule has 1 aromatic rings. The Morgan fingerprint density at radius 3 is 2.45 bits per heavy atom. The molecule has 1 saturated heterocycles. The Kier molecular flexibility index (Phi) is 11.6. The third-order valence-corrected chi connectivity index (χ3v) is 4.62. The number of halogens is 1. The van der Waals surface area contributed by atoms with Gasteiger partial charge in [-0.15, -0.1) is 24.0 Å². The first-order valence-corrected chi connectivity index (χ1v) is 9.70. The minimum atomic E-state index is 0. The number of methoxy groups -OCH3 is 2. The lowest BCUT2D eigenvalue weighted by Gasteiger charge is -2.18. The van der Waals surface area contributed by atoms with Gasteiger partial charge in [-0.25, -0.2) is 0 Å². The van der Waals surface area contributed by atoms with E-state index in [4.69, 9.17) is 14.2 Å². The number of carbonyl (C=O) groups excluding carboxylic acids is 1. The molecule has 164 valence electrons. The lowest BCUT2D eigenvalue weighted by Crippen LogP contribution is -2.45. The van der Waals surface area contributed by atoms with Crippen molar-refractivity contribution in [2.75, 3.05) is 47.5 Å². The summed E-state index contributed by atoms with van der Waals surface area (Å²) in [6.07, 6.45) is 2.30. The van der Waals surface area contributed by atoms with Gasteiger partial charge in [-0.3, -0.25) is 9.79 Å². The van der Waals surface area contributed by atoms with E-state index in [-0.39, 0.29) is 35.9 Å². The van der Waals surface area contributed by atoms with Gasteiger partial charge in [0, 0.05) is 57.3 Å². The van der Waals surface area contributed by atoms with E-state index in [9.17, 15) is 4.79 Å². The van der Waals surface area contributed by atoms with Crippen molar-refractivity contribution in [3.8, 4) is 17.2 Å². The fourth-order valence-corrected chi connectivity index (χ4v) is 3.05. The Morgan fingerprint density at radius 1 is 1.21 bits per heavy atom. The number of likely N-dealkylation sites (tertiary alicyclic amines) is 1. The predicted octanol–water partition coefficient (Wildman–Crippen LogP) is 2.27. The normalized spacial score (nSPS) is 16.1. The van der Waals surface area contributed by atoms with Crippen molar-refractivity contribution >= 4 is 35.8 Å². The molecule has 2 N–H and O–H groups in total. The molecular weight excluding hydrogens is 487 g/mol. The molecule has 0 aromatic heterocycles. The average Bonchev–Trinajstić information content (AvgIpc) is 3.20. The van der Waals surface area contributed by atoms with Gasteiger partial charge in [-0.1, -0.05) is 6.92 Å². The Balaban J connectivity index is 0.00000420. The molecule has 1 atom stereocenters. The lowest BCUT2D eigenvalue weighted by molar-refractivity contribution is -0.129. The topological polar surface area (TPSA) is 84.4 Å². The van der Waals surface area contributed by atoms with E-state index in [0.29, 0.717) is 30.3 Å². The summed E-state index contributed by atoms with van der Waals surface area (Å²) >= 11 is 0. The van der Waals surface area contributed by atoms with Crippen molar-refractivity contribution in [2.24, 2.45) is 4.99 Å². The first kappa shape index (κ1) is 25.1. The van der Waals surface area contributed by atoms with Crippen molar-refractivity contribution in [3.05, 3.63) is 18.2 Å². The second-order valence-electron chi connectivity index (χ2n) is 6.57. The van der Waals surface area contributed by atoms with E-state index < -0.39 is 0 Å². The van der Waals surface area contributed by atoms with Gasteiger partial charge < -0.3 is 29.7 Å². The van der Waals surface area contributed by atoms with Crippen LogP contribution in [0.25, 0.3) is 0 Å². The molecule has 1 aliphatic rings. The second-order valence-corrected chi connectivity index (χ2v) is 6.57. The van der Waals surface area contributed by atoms with Crippen LogP contribution in [0.2, 0.25) is 0 Å². The van der Waals surface area contributed by atoms with Crippen LogP contribution in [-0.4, -0.2) is 70.3 Å². The molecule has 0 aliphatic carbocycles. The fraction of sp³-hybridized carbons (Fsp3) is 0.600. The van der Waals surface area contributed by atoms with Crippen LogP contribution < -0.4 is 24.8 Å². The highest BCUT2D eigenvalue weighted by Crippen LogP contribution is 2.27. The molecule has 1 aromatic carbocycles. The summed E-state index contributed by atoms with van der Waals surface area (Å²) in [6, 6.07) is 5.71. The Bertz CT molecular complexity index is 650. The molecule has 1 unspecified atom stereocenters. The standard InChI is InChI=1S/C20H32N4O4.HI/c1-5-19(25)24-9-7-15(14-24)23-20(21-2)22-8-6-10-28-18-12-16(26-3)11-17(13-18)27-4;/h11-13,15H,5-10,14H2,1-4H3,(H2,21,22,23);1H. The molecule has 0 radical (unpaired) electrons. The van der Waals surface area contributed by atoms with Crippen LogP contribution >= 0.6 is 24.0 Å². The number of rotatable bonds is 9. The smallest absolute Gasteiger partial charge is 0.222 e. The van der Waals surface area contributed by atoms with Crippen molar-refractivity contribution in [3.63, 3.8) is 0 Å². The third-order valence-electron chi connectivity index (χ3n) is 4.62. The van der Waals surface area contributed by atoms with Gasteiger partial charge >= 0.3 is 0 Å². The van der Waals surface area contributed by atoms with Gasteiger partial charge in [-0.2, -0.15) is 0 Å². The molecule has 0 bridgehead atoms. The highest BCUT2D eigenvalue weighted by atomic mass is 127. The Morgan fingerprint density at radius 2 is 1.86 bits per heavy atom. The predicted molar refractivity (Wildman–Crippen MR) is 125 cm³/mol. The quantitative estimate of drug-likeness (QED) is 0.225. The molecule has 1 fully saturated rings. The van der Waals surface area contributed by atoms with Gasteiger partial charge in [0.2, 0.25) is 5.91 Å². The van der Waals surface area contributed by atoms with Crippen molar-refractivity contribution in [2.45, 2.75) is 32.2 Å². The maximum Gasteiger partial charge on any atom is 0.222 e. The molecule has 9 heteroatoms. The number of amides is 1. The van der Waals surface area contributed by atoms with Crippen LogP contribution in [0.1, 0.15) is 26.2 Å². The number of nitrogens with one attached hydrogen (secondary N) is 2. The maximum atomic E-state index is 11.8. The molecule has 1 amide bonds. The van der Waals surface area contributed by atoms with Crippen LogP contribution in [0.5, 0.6) is 17.2 Å². The number of hydrogen-bond donors (Lipinski definition) is 2. The summed E-state index contributed by atoms with van der Waals surface area (Å²) in [4.78, 5) is 17.9. The van der Waals surface area contributed by atoms with Crippen LogP contribution in [0.4, 0.5) is 0 Å². The van der Waals surface area contributed by atoms with Crippen molar-refractivity contribution in [1.82, 2.24) is 15.5 Å². The number of nitrogens with zero attached hydrogens (tertiary/aromatic N) is 2. The lowest BCUT2D eigenvalue weighted by atomic mass is 10.3. The van der Waals surface area contributed by atoms with Crippen LogP contribution in [-0.2, 0) is 4.79 Å². The highest BCUT2D eigenvalue weighted by molar-refractivity contribution is 14.0. The minimum Gasteiger partial charge on any atom is -0.496 e. The Hall–Kier alpha value is -1.91. The zero-order valence-electron chi connectivity index (χ0n) is 17.7. The van der Waals surface area contributed by atoms with Gasteiger partial charge in [-0.05, 0) is 12.8 Å². The van der Waals surface area contributed by atoms with Crippen LogP contribution in [0, 0.1) is 0 Å². The highest BCUT2D eigenvalue weighted by Gasteiger charge is 2.25. The monoisotopic (exact) mass is 520 g/mol. The molecule has 8 nitrogen and oxygen atoms in total. The molecular formula is C20H33IN4O4. The van der Waals surface area contributed by atoms with E-state index in [1.54, 1.807) is 21.3 Å². The number of ether oxygens (including phenoxy) is 3. The van der Waals surface area contributed by atoms with E-state index in [2.05, 4.69) is 15.6 Å². The van der Waals surface area contributed by atoms with E-state index in [1.165, 1.54) is 0 Å². The second kappa shape index (κ2) is 13.3. The third kappa shape index (κ3) is 8.15. The molecule has 0 spiro atoms. The zero-order valence-corrected chi connectivity index (χ0v) is 20.0. The van der Waals surface area contributed by atoms with Gasteiger partial charge in [0.1, 0.15) is 17.2 Å². The number of hydrogen-bond acceptors (Lipinski definition) is 5. The number of guanidine groups is 1. The van der Waals surface area contributed by atoms with Gasteiger partial charge in [0.25, 0.3) is 0 Å². The number of aliphatic imine (C=N–C) groups is 1. The van der Waals surface area contributed by atoms with Crippen LogP contribution in [0.15, 0.2) is 23.2 Å². The number of carbonyl (C=O) groups is 1. The largest absolute Gasteiger partial charge is 0.496 e. The molecule has 1 aliphatic heterocycles. The van der Waals surface area contributed by atoms with Gasteiger partial charge in [0.15, 0.2) is 5.96 Å². The summed E-state index contributed by atoms with van der Waals surface area (Å²) in [5, 5.41) is 6.68. The maximum absolute atomic E-state index is 11.8. The summed E-state index contributed by atoms with van der Waals surface area (Å²) < 4.78 is 16.3. The van der Waals surface area contributed by atoms with Crippen molar-refractivity contribution < 1.29 is 19.0 Å². The molecule has 2 rings (SSSR count). The minimum absolute atomic E-state index is 0. The molecule has 0 saturated carbocycles. The van der Waals surface area contributed by atoms with E-state index in [1.807, 2.05) is 30.0 Å². The molecule has 1 heterocycles. The van der Waals surface area contributed by atoms with E-state index >= 15 is 0 Å². The molecule has 29 heavy (non-hydrogen) atoms. The SMILES string of the molecule is CCC(=O)N1CCC(NC(=NC)NCCCOc2cc(OC)cc(OC)c2)C1.I. The van der Waals surface area contributed by atoms with E-state index in [0.717, 1.165) is 38.4 Å². The summed E-state index contributed by atoms with van der Waals surface area (Å²) in [6.45, 7) is 4.72. The number of benzene rings is 1. The summed E-state index contributed by atoms with van der Waals surface area (Å²) in [5.74, 6) is 3.07. The average molecular weight is 520 g/mol. The first-order valence-electron chi connectivity index (χ1n) is 9.70. The fourth-order valence-electron chi connectivity index (χ4n) is 3.05. The van der Waals surface area contributed by atoms with Crippen molar-refractivity contribution in [1.29, 1.82) is 0 Å². The zero-order chi connectivity index (χ0) is 20.4. The van der Waals surface area contributed by atoms with Crippen LogP contribution in [0.3, 0.4) is 0 Å². The first-order chi connectivity index (χ1) is 13.6. The summed E-state index contributed by atoms with van der Waals surface area (Å²) in [7, 11) is 4.98. The van der Waals surface area contributed by atoms with Gasteiger partial charge in [0.05, 0.1) is 20.8 Å². The summed E-state index contributed by atoms with van der Waals surface area (Å²) in [5.41, 5.74) is 0.